The maximum absolute atomic E-state index is 6.51. The zero-order valence-corrected chi connectivity index (χ0v) is 13.7. The number of halogens is 1. The number of thioether (sulfide) groups is 1. The highest BCUT2D eigenvalue weighted by Crippen LogP contribution is 2.30. The molecule has 0 nitrogen and oxygen atoms in total. The number of rotatable bonds is 6. The summed E-state index contributed by atoms with van der Waals surface area (Å²) >= 11 is 8.57. The van der Waals surface area contributed by atoms with E-state index in [2.05, 4.69) is 64.6 Å². The van der Waals surface area contributed by atoms with Gasteiger partial charge < -0.3 is 0 Å². The van der Waals surface area contributed by atoms with Crippen LogP contribution >= 0.6 is 23.4 Å². The maximum Gasteiger partial charge on any atom is 0.0473 e. The second kappa shape index (κ2) is 7.45. The van der Waals surface area contributed by atoms with Gasteiger partial charge >= 0.3 is 0 Å². The largest absolute Gasteiger partial charge is 0.155 e. The van der Waals surface area contributed by atoms with Crippen LogP contribution in [0.5, 0.6) is 0 Å². The summed E-state index contributed by atoms with van der Waals surface area (Å²) in [6.45, 7) is 11.2. The molecule has 2 unspecified atom stereocenters. The van der Waals surface area contributed by atoms with Gasteiger partial charge in [0.05, 0.1) is 0 Å². The van der Waals surface area contributed by atoms with Crippen molar-refractivity contribution in [2.24, 2.45) is 0 Å². The molecule has 2 heteroatoms. The zero-order valence-electron chi connectivity index (χ0n) is 12.2. The van der Waals surface area contributed by atoms with Crippen LogP contribution in [0.15, 0.2) is 18.2 Å². The van der Waals surface area contributed by atoms with E-state index in [0.29, 0.717) is 11.2 Å². The number of benzene rings is 1. The molecule has 0 N–H and O–H groups in total. The molecular formula is C16H25ClS. The van der Waals surface area contributed by atoms with E-state index >= 15 is 0 Å². The van der Waals surface area contributed by atoms with E-state index in [9.17, 15) is 0 Å². The Hall–Kier alpha value is -0.140. The van der Waals surface area contributed by atoms with Crippen LogP contribution in [0.2, 0.25) is 5.02 Å². The first-order valence-electron chi connectivity index (χ1n) is 6.88. The molecule has 0 saturated carbocycles. The standard InChI is InChI=1S/C16H25ClS/c1-6-12(4)18-13(5)10-14-8-7-9-15(11(2)3)16(14)17/h7-9,11-13H,6,10H2,1-5H3. The van der Waals surface area contributed by atoms with Crippen molar-refractivity contribution in [3.63, 3.8) is 0 Å². The fraction of sp³-hybridized carbons (Fsp3) is 0.625. The Balaban J connectivity index is 2.75. The van der Waals surface area contributed by atoms with Gasteiger partial charge in [-0.3, -0.25) is 0 Å². The molecule has 0 aliphatic carbocycles. The Morgan fingerprint density at radius 2 is 1.78 bits per heavy atom. The van der Waals surface area contributed by atoms with Crippen molar-refractivity contribution in [1.29, 1.82) is 0 Å². The van der Waals surface area contributed by atoms with Crippen LogP contribution < -0.4 is 0 Å². The van der Waals surface area contributed by atoms with Gasteiger partial charge in [-0.1, -0.05) is 64.4 Å². The predicted octanol–water partition coefficient (Wildman–Crippen LogP) is 5.93. The second-order valence-electron chi connectivity index (χ2n) is 5.34. The quantitative estimate of drug-likeness (QED) is 0.624. The van der Waals surface area contributed by atoms with E-state index in [1.807, 2.05) is 0 Å². The van der Waals surface area contributed by atoms with Crippen LogP contribution in [0.4, 0.5) is 0 Å². The van der Waals surface area contributed by atoms with E-state index < -0.39 is 0 Å². The molecule has 0 bridgehead atoms. The third-order valence-corrected chi connectivity index (χ3v) is 5.17. The zero-order chi connectivity index (χ0) is 13.7. The maximum atomic E-state index is 6.51. The first-order chi connectivity index (χ1) is 8.45. The van der Waals surface area contributed by atoms with Gasteiger partial charge in [0, 0.05) is 15.5 Å². The highest BCUT2D eigenvalue weighted by atomic mass is 35.5. The van der Waals surface area contributed by atoms with E-state index in [1.54, 1.807) is 0 Å². The third-order valence-electron chi connectivity index (χ3n) is 3.28. The Labute approximate surface area is 122 Å². The van der Waals surface area contributed by atoms with Crippen LogP contribution in [0.1, 0.15) is 58.1 Å². The molecule has 0 aromatic heterocycles. The Morgan fingerprint density at radius 3 is 2.33 bits per heavy atom. The van der Waals surface area contributed by atoms with Gasteiger partial charge in [-0.05, 0) is 29.9 Å². The Bertz CT molecular complexity index is 373. The minimum Gasteiger partial charge on any atom is -0.155 e. The lowest BCUT2D eigenvalue weighted by molar-refractivity contribution is 0.851. The summed E-state index contributed by atoms with van der Waals surface area (Å²) in [5.74, 6) is 0.495. The molecule has 0 aliphatic rings. The van der Waals surface area contributed by atoms with Gasteiger partial charge in [-0.25, -0.2) is 0 Å². The van der Waals surface area contributed by atoms with E-state index in [-0.39, 0.29) is 0 Å². The van der Waals surface area contributed by atoms with Crippen molar-refractivity contribution in [3.8, 4) is 0 Å². The molecule has 1 rings (SSSR count). The van der Waals surface area contributed by atoms with Crippen molar-refractivity contribution in [3.05, 3.63) is 34.3 Å². The summed E-state index contributed by atoms with van der Waals surface area (Å²) in [6, 6.07) is 6.45. The average molecular weight is 285 g/mol. The van der Waals surface area contributed by atoms with Crippen molar-refractivity contribution < 1.29 is 0 Å². The van der Waals surface area contributed by atoms with Crippen LogP contribution in [-0.2, 0) is 6.42 Å². The first kappa shape index (κ1) is 15.9. The topological polar surface area (TPSA) is 0 Å². The summed E-state index contributed by atoms with van der Waals surface area (Å²) in [5, 5.41) is 2.33. The van der Waals surface area contributed by atoms with Gasteiger partial charge in [0.1, 0.15) is 0 Å². The number of hydrogen-bond donors (Lipinski definition) is 0. The van der Waals surface area contributed by atoms with Crippen molar-refractivity contribution in [2.75, 3.05) is 0 Å². The van der Waals surface area contributed by atoms with Crippen LogP contribution in [0.25, 0.3) is 0 Å². The van der Waals surface area contributed by atoms with Crippen molar-refractivity contribution >= 4 is 23.4 Å². The molecule has 0 fully saturated rings. The minimum atomic E-state index is 0.495. The van der Waals surface area contributed by atoms with E-state index in [4.69, 9.17) is 11.6 Å². The fourth-order valence-corrected chi connectivity index (χ4v) is 3.74. The molecule has 1 aromatic carbocycles. The molecule has 2 atom stereocenters. The van der Waals surface area contributed by atoms with Gasteiger partial charge in [0.25, 0.3) is 0 Å². The third kappa shape index (κ3) is 4.51. The van der Waals surface area contributed by atoms with E-state index in [0.717, 1.165) is 16.7 Å². The summed E-state index contributed by atoms with van der Waals surface area (Å²) in [4.78, 5) is 0. The monoisotopic (exact) mass is 284 g/mol. The Kier molecular flexibility index (Phi) is 6.59. The SMILES string of the molecule is CCC(C)SC(C)Cc1cccc(C(C)C)c1Cl. The lowest BCUT2D eigenvalue weighted by Gasteiger charge is -2.18. The van der Waals surface area contributed by atoms with Crippen molar-refractivity contribution in [1.82, 2.24) is 0 Å². The summed E-state index contributed by atoms with van der Waals surface area (Å²) in [5.41, 5.74) is 2.57. The van der Waals surface area contributed by atoms with Gasteiger partial charge in [0.2, 0.25) is 0 Å². The summed E-state index contributed by atoms with van der Waals surface area (Å²) < 4.78 is 0. The summed E-state index contributed by atoms with van der Waals surface area (Å²) in [7, 11) is 0. The highest BCUT2D eigenvalue weighted by molar-refractivity contribution is 8.00. The normalized spacial score (nSPS) is 14.8. The minimum absolute atomic E-state index is 0.495. The van der Waals surface area contributed by atoms with Gasteiger partial charge in [0.15, 0.2) is 0 Å². The average Bonchev–Trinajstić information content (AvgIpc) is 2.31. The van der Waals surface area contributed by atoms with Crippen LogP contribution in [0.3, 0.4) is 0 Å². The molecule has 18 heavy (non-hydrogen) atoms. The highest BCUT2D eigenvalue weighted by Gasteiger charge is 2.13. The lowest BCUT2D eigenvalue weighted by Crippen LogP contribution is -2.08. The molecule has 102 valence electrons. The first-order valence-corrected chi connectivity index (χ1v) is 8.20. The number of hydrogen-bond acceptors (Lipinski definition) is 1. The molecule has 0 saturated heterocycles. The van der Waals surface area contributed by atoms with Crippen molar-refractivity contribution in [2.45, 2.75) is 63.9 Å². The molecule has 0 amide bonds. The Morgan fingerprint density at radius 1 is 1.11 bits per heavy atom. The van der Waals surface area contributed by atoms with E-state index in [1.165, 1.54) is 17.5 Å². The van der Waals surface area contributed by atoms with Gasteiger partial charge in [-0.2, -0.15) is 11.8 Å². The fourth-order valence-electron chi connectivity index (χ4n) is 2.05. The predicted molar refractivity (Wildman–Crippen MR) is 86.1 cm³/mol. The molecule has 0 aliphatic heterocycles. The molecule has 0 spiro atoms. The van der Waals surface area contributed by atoms with Gasteiger partial charge in [-0.15, -0.1) is 0 Å². The second-order valence-corrected chi connectivity index (χ2v) is 7.60. The summed E-state index contributed by atoms with van der Waals surface area (Å²) in [6.07, 6.45) is 2.29. The lowest BCUT2D eigenvalue weighted by atomic mass is 9.99. The molecule has 0 radical (unpaired) electrons. The van der Waals surface area contributed by atoms with Crippen LogP contribution in [0, 0.1) is 0 Å². The molecule has 0 heterocycles. The molecular weight excluding hydrogens is 260 g/mol. The molecule has 1 aromatic rings. The van der Waals surface area contributed by atoms with Crippen LogP contribution in [-0.4, -0.2) is 10.5 Å². The smallest absolute Gasteiger partial charge is 0.0473 e.